The minimum atomic E-state index is -1.17. The summed E-state index contributed by atoms with van der Waals surface area (Å²) in [5.41, 5.74) is 3.67. The summed E-state index contributed by atoms with van der Waals surface area (Å²) in [5.74, 6) is -0.895. The van der Waals surface area contributed by atoms with E-state index in [9.17, 15) is 19.4 Å². The molecule has 2 aromatic heterocycles. The molecular formula is C28H28FN3O4. The van der Waals surface area contributed by atoms with Crippen LogP contribution in [-0.2, 0) is 4.79 Å². The summed E-state index contributed by atoms with van der Waals surface area (Å²) in [6.07, 6.45) is 0.423. The van der Waals surface area contributed by atoms with Gasteiger partial charge in [-0.3, -0.25) is 4.79 Å². The molecule has 0 saturated heterocycles. The van der Waals surface area contributed by atoms with Crippen LogP contribution in [0.5, 0.6) is 0 Å². The number of carboxylic acid groups (broad SMARTS) is 1. The molecule has 4 aromatic rings. The number of carbonyl (C=O) groups is 1. The number of hydrogen-bond donors (Lipinski definition) is 3. The quantitative estimate of drug-likeness (QED) is 0.307. The van der Waals surface area contributed by atoms with Gasteiger partial charge in [0.1, 0.15) is 5.82 Å². The SMILES string of the molecule is CC(C)c1nn(-c2ccc3ccccc3n2)c(-c2ccc(F)cc2)c1/C=C/C(O)CC(O)CC(=O)O. The van der Waals surface area contributed by atoms with E-state index in [1.165, 1.54) is 18.2 Å². The maximum atomic E-state index is 13.8. The predicted octanol–water partition coefficient (Wildman–Crippen LogP) is 4.95. The summed E-state index contributed by atoms with van der Waals surface area (Å²) < 4.78 is 15.5. The van der Waals surface area contributed by atoms with Crippen molar-refractivity contribution in [2.24, 2.45) is 0 Å². The molecule has 2 aromatic carbocycles. The lowest BCUT2D eigenvalue weighted by atomic mass is 9.98. The molecule has 2 heterocycles. The number of para-hydroxylation sites is 1. The predicted molar refractivity (Wildman–Crippen MR) is 136 cm³/mol. The highest BCUT2D eigenvalue weighted by atomic mass is 19.1. The van der Waals surface area contributed by atoms with Crippen LogP contribution in [0, 0.1) is 5.82 Å². The van der Waals surface area contributed by atoms with Crippen molar-refractivity contribution < 1.29 is 24.5 Å². The number of aliphatic hydroxyl groups excluding tert-OH is 2. The maximum Gasteiger partial charge on any atom is 0.305 e. The molecule has 0 aliphatic carbocycles. The van der Waals surface area contributed by atoms with Crippen LogP contribution < -0.4 is 0 Å². The van der Waals surface area contributed by atoms with Crippen LogP contribution in [0.25, 0.3) is 34.1 Å². The number of carboxylic acids is 1. The zero-order chi connectivity index (χ0) is 25.8. The summed E-state index contributed by atoms with van der Waals surface area (Å²) in [7, 11) is 0. The molecule has 0 fully saturated rings. The molecule has 2 unspecified atom stereocenters. The van der Waals surface area contributed by atoms with Gasteiger partial charge in [-0.25, -0.2) is 14.1 Å². The van der Waals surface area contributed by atoms with Crippen molar-refractivity contribution in [2.75, 3.05) is 0 Å². The molecule has 186 valence electrons. The van der Waals surface area contributed by atoms with E-state index in [2.05, 4.69) is 0 Å². The number of rotatable bonds is 9. The first kappa shape index (κ1) is 25.2. The molecule has 0 saturated carbocycles. The topological polar surface area (TPSA) is 108 Å². The second-order valence-electron chi connectivity index (χ2n) is 9.00. The molecule has 3 N–H and O–H groups in total. The van der Waals surface area contributed by atoms with Crippen LogP contribution in [0.15, 0.2) is 66.7 Å². The Kier molecular flexibility index (Phi) is 7.57. The van der Waals surface area contributed by atoms with Gasteiger partial charge in [0.25, 0.3) is 0 Å². The van der Waals surface area contributed by atoms with Crippen molar-refractivity contribution in [3.05, 3.63) is 83.8 Å². The third-order valence-corrected chi connectivity index (χ3v) is 5.82. The molecule has 7 nitrogen and oxygen atoms in total. The Morgan fingerprint density at radius 3 is 2.47 bits per heavy atom. The number of benzene rings is 2. The third kappa shape index (κ3) is 5.67. The van der Waals surface area contributed by atoms with Crippen molar-refractivity contribution >= 4 is 22.9 Å². The first-order valence-corrected chi connectivity index (χ1v) is 11.7. The lowest BCUT2D eigenvalue weighted by molar-refractivity contribution is -0.139. The average Bonchev–Trinajstić information content (AvgIpc) is 3.22. The number of fused-ring (bicyclic) bond motifs is 1. The summed E-state index contributed by atoms with van der Waals surface area (Å²) >= 11 is 0. The second-order valence-corrected chi connectivity index (χ2v) is 9.00. The largest absolute Gasteiger partial charge is 0.481 e. The molecule has 4 rings (SSSR count). The molecule has 0 bridgehead atoms. The van der Waals surface area contributed by atoms with Gasteiger partial charge in [0, 0.05) is 22.9 Å². The molecule has 36 heavy (non-hydrogen) atoms. The Morgan fingerprint density at radius 2 is 1.78 bits per heavy atom. The molecule has 0 radical (unpaired) electrons. The Balaban J connectivity index is 1.84. The van der Waals surface area contributed by atoms with Crippen LogP contribution in [0.4, 0.5) is 4.39 Å². The fourth-order valence-corrected chi connectivity index (χ4v) is 4.11. The van der Waals surface area contributed by atoms with Crippen molar-refractivity contribution in [2.45, 2.75) is 44.8 Å². The molecule has 0 aliphatic rings. The third-order valence-electron chi connectivity index (χ3n) is 5.82. The van der Waals surface area contributed by atoms with Gasteiger partial charge in [-0.1, -0.05) is 44.2 Å². The normalized spacial score (nSPS) is 13.5. The zero-order valence-electron chi connectivity index (χ0n) is 20.0. The lowest BCUT2D eigenvalue weighted by Gasteiger charge is -2.12. The van der Waals surface area contributed by atoms with E-state index in [0.717, 1.165) is 22.2 Å². The van der Waals surface area contributed by atoms with Gasteiger partial charge in [0.15, 0.2) is 5.82 Å². The van der Waals surface area contributed by atoms with E-state index in [1.54, 1.807) is 22.9 Å². The Bertz CT molecular complexity index is 1400. The Labute approximate surface area is 208 Å². The highest BCUT2D eigenvalue weighted by molar-refractivity contribution is 5.80. The number of pyridine rings is 1. The van der Waals surface area contributed by atoms with Gasteiger partial charge < -0.3 is 15.3 Å². The van der Waals surface area contributed by atoms with E-state index in [-0.39, 0.29) is 18.2 Å². The minimum absolute atomic E-state index is 0.0142. The second kappa shape index (κ2) is 10.8. The van der Waals surface area contributed by atoms with Crippen molar-refractivity contribution in [3.63, 3.8) is 0 Å². The van der Waals surface area contributed by atoms with Crippen molar-refractivity contribution in [3.8, 4) is 17.1 Å². The standard InChI is InChI=1S/C28H28FN3O4/c1-17(2)27-23(13-12-21(33)15-22(34)16-26(35)36)28(19-7-10-20(29)11-8-19)32(31-27)25-14-9-18-5-3-4-6-24(18)30-25/h3-14,17,21-22,33-34H,15-16H2,1-2H3,(H,35,36)/b13-12+. The van der Waals surface area contributed by atoms with Crippen LogP contribution in [0.2, 0.25) is 0 Å². The number of halogens is 1. The zero-order valence-corrected chi connectivity index (χ0v) is 20.0. The average molecular weight is 490 g/mol. The monoisotopic (exact) mass is 489 g/mol. The van der Waals surface area contributed by atoms with E-state index < -0.39 is 24.6 Å². The van der Waals surface area contributed by atoms with E-state index in [4.69, 9.17) is 15.2 Å². The summed E-state index contributed by atoms with van der Waals surface area (Å²) in [5, 5.41) is 35.0. The number of aliphatic carboxylic acids is 1. The van der Waals surface area contributed by atoms with E-state index in [1.807, 2.05) is 50.2 Å². The van der Waals surface area contributed by atoms with Gasteiger partial charge in [-0.15, -0.1) is 0 Å². The van der Waals surface area contributed by atoms with Gasteiger partial charge >= 0.3 is 5.97 Å². The van der Waals surface area contributed by atoms with Gasteiger partial charge in [0.05, 0.1) is 35.5 Å². The highest BCUT2D eigenvalue weighted by Crippen LogP contribution is 2.34. The number of aromatic nitrogens is 3. The van der Waals surface area contributed by atoms with E-state index >= 15 is 0 Å². The van der Waals surface area contributed by atoms with Crippen LogP contribution >= 0.6 is 0 Å². The van der Waals surface area contributed by atoms with Gasteiger partial charge in [-0.05, 0) is 48.4 Å². The molecule has 8 heteroatoms. The summed E-state index contributed by atoms with van der Waals surface area (Å²) in [6.45, 7) is 4.00. The fourth-order valence-electron chi connectivity index (χ4n) is 4.11. The summed E-state index contributed by atoms with van der Waals surface area (Å²) in [4.78, 5) is 15.6. The van der Waals surface area contributed by atoms with Gasteiger partial charge in [-0.2, -0.15) is 5.10 Å². The molecule has 0 spiro atoms. The molecular weight excluding hydrogens is 461 g/mol. The lowest BCUT2D eigenvalue weighted by Crippen LogP contribution is -2.19. The van der Waals surface area contributed by atoms with Crippen molar-refractivity contribution in [1.29, 1.82) is 0 Å². The molecule has 0 aliphatic heterocycles. The molecule has 0 amide bonds. The molecule has 2 atom stereocenters. The smallest absolute Gasteiger partial charge is 0.305 e. The van der Waals surface area contributed by atoms with E-state index in [0.29, 0.717) is 17.1 Å². The van der Waals surface area contributed by atoms with Crippen molar-refractivity contribution in [1.82, 2.24) is 14.8 Å². The Hall–Kier alpha value is -3.88. The summed E-state index contributed by atoms with van der Waals surface area (Å²) in [6, 6.07) is 17.7. The van der Waals surface area contributed by atoms with Crippen LogP contribution in [-0.4, -0.2) is 48.3 Å². The maximum absolute atomic E-state index is 13.8. The first-order valence-electron chi connectivity index (χ1n) is 11.7. The van der Waals surface area contributed by atoms with Crippen LogP contribution in [0.3, 0.4) is 0 Å². The first-order chi connectivity index (χ1) is 17.2. The fraction of sp³-hybridized carbons (Fsp3) is 0.250. The minimum Gasteiger partial charge on any atom is -0.481 e. The van der Waals surface area contributed by atoms with Gasteiger partial charge in [0.2, 0.25) is 0 Å². The Morgan fingerprint density at radius 1 is 1.06 bits per heavy atom. The number of nitrogens with zero attached hydrogens (tertiary/aromatic N) is 3. The highest BCUT2D eigenvalue weighted by Gasteiger charge is 2.22. The van der Waals surface area contributed by atoms with Crippen LogP contribution in [0.1, 0.15) is 43.9 Å². The number of aliphatic hydroxyl groups is 2. The number of hydrogen-bond acceptors (Lipinski definition) is 5.